The van der Waals surface area contributed by atoms with Gasteiger partial charge in [0.15, 0.2) is 6.10 Å². The second-order valence-corrected chi connectivity index (χ2v) is 6.95. The number of rotatable bonds is 4. The molecule has 1 aromatic carbocycles. The molecule has 25 heavy (non-hydrogen) atoms. The zero-order valence-electron chi connectivity index (χ0n) is 14.0. The number of hydrogen-bond acceptors (Lipinski definition) is 5. The quantitative estimate of drug-likeness (QED) is 0.749. The highest BCUT2D eigenvalue weighted by Gasteiger charge is 2.34. The maximum absolute atomic E-state index is 12.1. The van der Waals surface area contributed by atoms with Crippen LogP contribution in [0.5, 0.6) is 5.75 Å². The lowest BCUT2D eigenvalue weighted by molar-refractivity contribution is -0.140. The third-order valence-corrected chi connectivity index (χ3v) is 3.44. The van der Waals surface area contributed by atoms with Crippen LogP contribution in [-0.2, 0) is 14.3 Å². The highest BCUT2D eigenvalue weighted by Crippen LogP contribution is 2.32. The molecule has 0 unspecified atom stereocenters. The van der Waals surface area contributed by atoms with E-state index in [2.05, 4.69) is 10.6 Å². The third kappa shape index (κ3) is 5.25. The molecule has 0 bridgehead atoms. The second-order valence-electron chi connectivity index (χ2n) is 6.51. The van der Waals surface area contributed by atoms with Gasteiger partial charge < -0.3 is 25.2 Å². The summed E-state index contributed by atoms with van der Waals surface area (Å²) in [5.74, 6) is -1.45. The molecular weight excluding hydrogens is 352 g/mol. The van der Waals surface area contributed by atoms with Gasteiger partial charge in [0.2, 0.25) is 0 Å². The number of carboxylic acid groups (broad SMARTS) is 1. The number of ether oxygens (including phenoxy) is 2. The summed E-state index contributed by atoms with van der Waals surface area (Å²) in [6.07, 6.45) is -2.23. The molecule has 8 nitrogen and oxygen atoms in total. The highest BCUT2D eigenvalue weighted by atomic mass is 35.5. The number of halogens is 1. The average Bonchev–Trinajstić information content (AvgIpc) is 2.45. The third-order valence-electron chi connectivity index (χ3n) is 3.20. The number of nitrogens with one attached hydrogen (secondary N) is 2. The number of carboxylic acids is 1. The molecule has 0 radical (unpaired) electrons. The zero-order valence-corrected chi connectivity index (χ0v) is 14.7. The van der Waals surface area contributed by atoms with E-state index in [1.807, 2.05) is 0 Å². The normalized spacial score (nSPS) is 17.6. The Bertz CT molecular complexity index is 700. The van der Waals surface area contributed by atoms with Crippen LogP contribution in [0, 0.1) is 0 Å². The minimum atomic E-state index is -1.35. The number of benzene rings is 1. The summed E-state index contributed by atoms with van der Waals surface area (Å²) < 4.78 is 10.6. The van der Waals surface area contributed by atoms with E-state index in [9.17, 15) is 19.5 Å². The van der Waals surface area contributed by atoms with Crippen LogP contribution in [0.15, 0.2) is 18.2 Å². The molecule has 2 rings (SSSR count). The predicted octanol–water partition coefficient (Wildman–Crippen LogP) is 2.41. The summed E-state index contributed by atoms with van der Waals surface area (Å²) in [5, 5.41) is 14.6. The molecule has 2 amide bonds. The van der Waals surface area contributed by atoms with Crippen molar-refractivity contribution in [2.75, 3.05) is 5.32 Å². The van der Waals surface area contributed by atoms with Crippen molar-refractivity contribution in [1.82, 2.24) is 5.32 Å². The fourth-order valence-electron chi connectivity index (χ4n) is 2.16. The Morgan fingerprint density at radius 1 is 1.44 bits per heavy atom. The van der Waals surface area contributed by atoms with Crippen molar-refractivity contribution in [3.8, 4) is 5.75 Å². The lowest BCUT2D eigenvalue weighted by Gasteiger charge is -2.28. The summed E-state index contributed by atoms with van der Waals surface area (Å²) in [7, 11) is 0. The zero-order chi connectivity index (χ0) is 18.8. The van der Waals surface area contributed by atoms with Crippen LogP contribution in [-0.4, -0.2) is 40.8 Å². The van der Waals surface area contributed by atoms with Crippen molar-refractivity contribution in [3.63, 3.8) is 0 Å². The number of carbonyl (C=O) groups is 3. The largest absolute Gasteiger partial charge is 0.480 e. The molecule has 1 aliphatic rings. The highest BCUT2D eigenvalue weighted by molar-refractivity contribution is 6.31. The Balaban J connectivity index is 2.07. The predicted molar refractivity (Wildman–Crippen MR) is 89.9 cm³/mol. The number of alkyl carbamates (subject to hydrolysis) is 1. The van der Waals surface area contributed by atoms with E-state index in [0.717, 1.165) is 0 Å². The van der Waals surface area contributed by atoms with E-state index in [1.165, 1.54) is 6.07 Å². The van der Waals surface area contributed by atoms with Gasteiger partial charge in [-0.1, -0.05) is 11.6 Å². The van der Waals surface area contributed by atoms with Gasteiger partial charge in [-0.25, -0.2) is 9.59 Å². The monoisotopic (exact) mass is 370 g/mol. The molecule has 136 valence electrons. The molecule has 0 spiro atoms. The minimum Gasteiger partial charge on any atom is -0.480 e. The topological polar surface area (TPSA) is 114 Å². The molecule has 0 aliphatic carbocycles. The van der Waals surface area contributed by atoms with Crippen LogP contribution in [0.25, 0.3) is 0 Å². The molecule has 0 saturated carbocycles. The fraction of sp³-hybridized carbons (Fsp3) is 0.438. The summed E-state index contributed by atoms with van der Waals surface area (Å²) >= 11 is 5.85. The first kappa shape index (κ1) is 18.9. The Morgan fingerprint density at radius 2 is 2.12 bits per heavy atom. The van der Waals surface area contributed by atoms with Gasteiger partial charge in [-0.3, -0.25) is 4.79 Å². The molecule has 1 aromatic rings. The molecule has 0 fully saturated rings. The number of amides is 2. The maximum Gasteiger partial charge on any atom is 0.408 e. The first-order chi connectivity index (χ1) is 11.5. The maximum atomic E-state index is 12.1. The molecule has 1 heterocycles. The van der Waals surface area contributed by atoms with Gasteiger partial charge in [0.25, 0.3) is 5.91 Å². The van der Waals surface area contributed by atoms with Crippen molar-refractivity contribution in [3.05, 3.63) is 23.2 Å². The minimum absolute atomic E-state index is 0.261. The van der Waals surface area contributed by atoms with E-state index in [0.29, 0.717) is 16.5 Å². The molecule has 0 saturated heterocycles. The van der Waals surface area contributed by atoms with Crippen molar-refractivity contribution >= 4 is 35.3 Å². The van der Waals surface area contributed by atoms with Crippen molar-refractivity contribution in [2.45, 2.75) is 44.9 Å². The first-order valence-corrected chi connectivity index (χ1v) is 7.92. The van der Waals surface area contributed by atoms with Crippen LogP contribution in [0.4, 0.5) is 10.5 Å². The number of anilines is 1. The van der Waals surface area contributed by atoms with Crippen molar-refractivity contribution in [1.29, 1.82) is 0 Å². The molecule has 3 N–H and O–H groups in total. The summed E-state index contributed by atoms with van der Waals surface area (Å²) in [4.78, 5) is 35.3. The second kappa shape index (κ2) is 7.18. The van der Waals surface area contributed by atoms with Gasteiger partial charge >= 0.3 is 12.1 Å². The molecule has 2 atom stereocenters. The van der Waals surface area contributed by atoms with Gasteiger partial charge in [0, 0.05) is 11.4 Å². The smallest absolute Gasteiger partial charge is 0.408 e. The molecule has 0 aromatic heterocycles. The van der Waals surface area contributed by atoms with Crippen LogP contribution in [0.1, 0.15) is 27.2 Å². The fourth-order valence-corrected chi connectivity index (χ4v) is 2.34. The van der Waals surface area contributed by atoms with E-state index in [1.54, 1.807) is 32.9 Å². The number of aliphatic carboxylic acids is 1. The van der Waals surface area contributed by atoms with Gasteiger partial charge in [-0.15, -0.1) is 0 Å². The lowest BCUT2D eigenvalue weighted by Crippen LogP contribution is -2.48. The van der Waals surface area contributed by atoms with Gasteiger partial charge in [-0.2, -0.15) is 0 Å². The average molecular weight is 371 g/mol. The van der Waals surface area contributed by atoms with E-state index >= 15 is 0 Å². The Morgan fingerprint density at radius 3 is 2.72 bits per heavy atom. The SMILES string of the molecule is CC(C)(C)OC(=O)N[C@@H](C[C@@H]1Oc2ccc(Cl)cc2NC1=O)C(=O)O. The van der Waals surface area contributed by atoms with Gasteiger partial charge in [0.1, 0.15) is 17.4 Å². The lowest BCUT2D eigenvalue weighted by atomic mass is 10.1. The Hall–Kier alpha value is -2.48. The van der Waals surface area contributed by atoms with Gasteiger partial charge in [-0.05, 0) is 39.0 Å². The van der Waals surface area contributed by atoms with Crippen molar-refractivity contribution < 1.29 is 29.0 Å². The van der Waals surface area contributed by atoms with E-state index in [4.69, 9.17) is 21.1 Å². The molecular formula is C16H19ClN2O6. The Labute approximate surface area is 149 Å². The number of fused-ring (bicyclic) bond motifs is 1. The standard InChI is InChI=1S/C16H19ClN2O6/c1-16(2,3)25-15(23)19-10(14(21)22)7-12-13(20)18-9-6-8(17)4-5-11(9)24-12/h4-6,10,12H,7H2,1-3H3,(H,18,20)(H,19,23)(H,21,22)/t10-,12-/m0/s1. The summed E-state index contributed by atoms with van der Waals surface area (Å²) in [6.45, 7) is 4.96. The van der Waals surface area contributed by atoms with Crippen molar-refractivity contribution in [2.24, 2.45) is 0 Å². The summed E-state index contributed by atoms with van der Waals surface area (Å²) in [6, 6.07) is 3.34. The van der Waals surface area contributed by atoms with Crippen LogP contribution >= 0.6 is 11.6 Å². The van der Waals surface area contributed by atoms with Crippen LogP contribution in [0.3, 0.4) is 0 Å². The van der Waals surface area contributed by atoms with Crippen LogP contribution in [0.2, 0.25) is 5.02 Å². The molecule has 1 aliphatic heterocycles. The summed E-state index contributed by atoms with van der Waals surface area (Å²) in [5.41, 5.74) is -0.370. The number of carbonyl (C=O) groups excluding carboxylic acids is 2. The Kier molecular flexibility index (Phi) is 5.42. The van der Waals surface area contributed by atoms with E-state index < -0.39 is 35.7 Å². The van der Waals surface area contributed by atoms with E-state index in [-0.39, 0.29) is 6.42 Å². The van der Waals surface area contributed by atoms with Gasteiger partial charge in [0.05, 0.1) is 5.69 Å². The molecule has 9 heteroatoms. The number of hydrogen-bond donors (Lipinski definition) is 3. The first-order valence-electron chi connectivity index (χ1n) is 7.54. The van der Waals surface area contributed by atoms with Crippen LogP contribution < -0.4 is 15.4 Å².